The highest BCUT2D eigenvalue weighted by molar-refractivity contribution is 6.22. The van der Waals surface area contributed by atoms with Crippen LogP contribution in [0.5, 0.6) is 0 Å². The summed E-state index contributed by atoms with van der Waals surface area (Å²) >= 11 is 0. The Balaban J connectivity index is 1.92. The molecular weight excluding hydrogens is 254 g/mol. The third kappa shape index (κ3) is 3.43. The predicted molar refractivity (Wildman–Crippen MR) is 78.5 cm³/mol. The van der Waals surface area contributed by atoms with Gasteiger partial charge in [-0.2, -0.15) is 0 Å². The van der Waals surface area contributed by atoms with Crippen molar-refractivity contribution in [3.05, 3.63) is 30.3 Å². The second-order valence-corrected chi connectivity index (χ2v) is 5.27. The second kappa shape index (κ2) is 6.63. The van der Waals surface area contributed by atoms with Gasteiger partial charge in [0, 0.05) is 0 Å². The minimum absolute atomic E-state index is 0.133. The molecule has 0 spiro atoms. The Bertz CT molecular complexity index is 473. The number of anilines is 1. The third-order valence-corrected chi connectivity index (χ3v) is 3.33. The normalized spacial score (nSPS) is 19.1. The molecule has 20 heavy (non-hydrogen) atoms. The Labute approximate surface area is 119 Å². The molecule has 0 aromatic heterocycles. The Hall–Kier alpha value is -1.72. The number of para-hydroxylation sites is 1. The number of carbonyl (C=O) groups excluding carboxylic acids is 2. The van der Waals surface area contributed by atoms with Crippen LogP contribution in [0.2, 0.25) is 0 Å². The van der Waals surface area contributed by atoms with E-state index in [1.165, 1.54) is 4.90 Å². The van der Waals surface area contributed by atoms with Crippen molar-refractivity contribution in [3.8, 4) is 0 Å². The largest absolute Gasteiger partial charge is 0.309 e. The number of amides is 2. The average molecular weight is 275 g/mol. The Morgan fingerprint density at radius 1 is 1.25 bits per heavy atom. The van der Waals surface area contributed by atoms with E-state index in [0.717, 1.165) is 19.5 Å². The molecule has 0 bridgehead atoms. The van der Waals surface area contributed by atoms with Gasteiger partial charge in [-0.15, -0.1) is 0 Å². The summed E-state index contributed by atoms with van der Waals surface area (Å²) < 4.78 is 0. The first-order valence-electron chi connectivity index (χ1n) is 6.89. The lowest BCUT2D eigenvalue weighted by Gasteiger charge is -2.16. The van der Waals surface area contributed by atoms with Crippen molar-refractivity contribution in [1.29, 1.82) is 0 Å². The highest BCUT2D eigenvalue weighted by Gasteiger charge is 2.38. The van der Waals surface area contributed by atoms with Gasteiger partial charge in [0.1, 0.15) is 0 Å². The minimum atomic E-state index is -0.384. The number of nitrogens with one attached hydrogen (secondary N) is 1. The summed E-state index contributed by atoms with van der Waals surface area (Å²) in [6.45, 7) is 1.70. The molecule has 108 valence electrons. The molecule has 1 aliphatic rings. The third-order valence-electron chi connectivity index (χ3n) is 3.33. The van der Waals surface area contributed by atoms with Crippen molar-refractivity contribution < 1.29 is 9.59 Å². The molecule has 1 unspecified atom stereocenters. The fourth-order valence-electron chi connectivity index (χ4n) is 2.31. The molecule has 1 fully saturated rings. The molecule has 1 saturated heterocycles. The number of imide groups is 1. The van der Waals surface area contributed by atoms with E-state index in [0.29, 0.717) is 5.69 Å². The Morgan fingerprint density at radius 3 is 2.60 bits per heavy atom. The zero-order chi connectivity index (χ0) is 14.5. The highest BCUT2D eigenvalue weighted by atomic mass is 16.2. The van der Waals surface area contributed by atoms with Crippen LogP contribution in [0.3, 0.4) is 0 Å². The average Bonchev–Trinajstić information content (AvgIpc) is 2.70. The Morgan fingerprint density at radius 2 is 1.95 bits per heavy atom. The van der Waals surface area contributed by atoms with E-state index in [1.807, 2.05) is 32.3 Å². The van der Waals surface area contributed by atoms with Gasteiger partial charge in [-0.1, -0.05) is 18.2 Å². The fourth-order valence-corrected chi connectivity index (χ4v) is 2.31. The smallest absolute Gasteiger partial charge is 0.251 e. The van der Waals surface area contributed by atoms with Gasteiger partial charge in [0.15, 0.2) is 0 Å². The number of rotatable bonds is 6. The van der Waals surface area contributed by atoms with E-state index >= 15 is 0 Å². The molecule has 2 rings (SSSR count). The summed E-state index contributed by atoms with van der Waals surface area (Å²) in [5, 5.41) is 3.18. The molecular formula is C15H21N3O2. The maximum absolute atomic E-state index is 12.3. The van der Waals surface area contributed by atoms with Crippen molar-refractivity contribution in [3.63, 3.8) is 0 Å². The first-order valence-corrected chi connectivity index (χ1v) is 6.89. The molecule has 1 aromatic carbocycles. The summed E-state index contributed by atoms with van der Waals surface area (Å²) in [5.41, 5.74) is 0.653. The van der Waals surface area contributed by atoms with E-state index < -0.39 is 0 Å². The van der Waals surface area contributed by atoms with Gasteiger partial charge < -0.3 is 10.2 Å². The molecule has 1 atom stereocenters. The van der Waals surface area contributed by atoms with Gasteiger partial charge >= 0.3 is 0 Å². The second-order valence-electron chi connectivity index (χ2n) is 5.27. The van der Waals surface area contributed by atoms with Crippen LogP contribution < -0.4 is 10.2 Å². The highest BCUT2D eigenvalue weighted by Crippen LogP contribution is 2.22. The molecule has 1 aromatic rings. The zero-order valence-electron chi connectivity index (χ0n) is 12.0. The fraction of sp³-hybridized carbons (Fsp3) is 0.467. The van der Waals surface area contributed by atoms with Crippen molar-refractivity contribution in [1.82, 2.24) is 10.2 Å². The summed E-state index contributed by atoms with van der Waals surface area (Å²) in [7, 11) is 4.03. The zero-order valence-corrected chi connectivity index (χ0v) is 12.0. The van der Waals surface area contributed by atoms with Crippen molar-refractivity contribution in [2.45, 2.75) is 18.9 Å². The standard InChI is InChI=1S/C15H21N3O2/c1-17(2)10-6-9-16-13-11-14(19)18(15(13)20)12-7-4-3-5-8-12/h3-5,7-8,13,16H,6,9-11H2,1-2H3. The van der Waals surface area contributed by atoms with Gasteiger partial charge in [-0.05, 0) is 45.7 Å². The quantitative estimate of drug-likeness (QED) is 0.618. The molecule has 0 saturated carbocycles. The lowest BCUT2D eigenvalue weighted by molar-refractivity contribution is -0.121. The van der Waals surface area contributed by atoms with Crippen LogP contribution >= 0.6 is 0 Å². The van der Waals surface area contributed by atoms with Crippen molar-refractivity contribution >= 4 is 17.5 Å². The summed E-state index contributed by atoms with van der Waals surface area (Å²) in [4.78, 5) is 27.6. The van der Waals surface area contributed by atoms with E-state index in [4.69, 9.17) is 0 Å². The van der Waals surface area contributed by atoms with E-state index in [2.05, 4.69) is 10.2 Å². The monoisotopic (exact) mass is 275 g/mol. The summed E-state index contributed by atoms with van der Waals surface area (Å²) in [6, 6.07) is 8.70. The van der Waals surface area contributed by atoms with Crippen LogP contribution in [0.15, 0.2) is 30.3 Å². The van der Waals surface area contributed by atoms with Gasteiger partial charge in [0.25, 0.3) is 5.91 Å². The van der Waals surface area contributed by atoms with Crippen LogP contribution in [-0.4, -0.2) is 49.9 Å². The van der Waals surface area contributed by atoms with E-state index in [1.54, 1.807) is 12.1 Å². The van der Waals surface area contributed by atoms with Crippen molar-refractivity contribution in [2.24, 2.45) is 0 Å². The molecule has 2 amide bonds. The first-order chi connectivity index (χ1) is 9.59. The maximum Gasteiger partial charge on any atom is 0.251 e. The molecule has 0 aliphatic carbocycles. The van der Waals surface area contributed by atoms with Crippen LogP contribution in [0.4, 0.5) is 5.69 Å². The van der Waals surface area contributed by atoms with Crippen LogP contribution in [0.25, 0.3) is 0 Å². The number of carbonyl (C=O) groups is 2. The van der Waals surface area contributed by atoms with Crippen LogP contribution in [0.1, 0.15) is 12.8 Å². The molecule has 1 N–H and O–H groups in total. The number of hydrogen-bond acceptors (Lipinski definition) is 4. The lowest BCUT2D eigenvalue weighted by atomic mass is 10.2. The molecule has 5 nitrogen and oxygen atoms in total. The van der Waals surface area contributed by atoms with Gasteiger partial charge in [-0.25, -0.2) is 4.90 Å². The SMILES string of the molecule is CN(C)CCCNC1CC(=O)N(c2ccccc2)C1=O. The minimum Gasteiger partial charge on any atom is -0.309 e. The molecule has 1 aliphatic heterocycles. The van der Waals surface area contributed by atoms with Gasteiger partial charge in [0.2, 0.25) is 5.91 Å². The molecule has 1 heterocycles. The topological polar surface area (TPSA) is 52.7 Å². The number of benzene rings is 1. The summed E-state index contributed by atoms with van der Waals surface area (Å²) in [5.74, 6) is -0.280. The van der Waals surface area contributed by atoms with Crippen LogP contribution in [-0.2, 0) is 9.59 Å². The Kier molecular flexibility index (Phi) is 4.87. The first kappa shape index (κ1) is 14.7. The van der Waals surface area contributed by atoms with E-state index in [9.17, 15) is 9.59 Å². The van der Waals surface area contributed by atoms with E-state index in [-0.39, 0.29) is 24.3 Å². The van der Waals surface area contributed by atoms with Gasteiger partial charge in [-0.3, -0.25) is 9.59 Å². The predicted octanol–water partition coefficient (Wildman–Crippen LogP) is 0.860. The molecule has 0 radical (unpaired) electrons. The molecule has 5 heteroatoms. The maximum atomic E-state index is 12.3. The summed E-state index contributed by atoms with van der Waals surface area (Å²) in [6.07, 6.45) is 1.20. The lowest BCUT2D eigenvalue weighted by Crippen LogP contribution is -2.39. The van der Waals surface area contributed by atoms with Crippen LogP contribution in [0, 0.1) is 0 Å². The van der Waals surface area contributed by atoms with Gasteiger partial charge in [0.05, 0.1) is 18.2 Å². The number of nitrogens with zero attached hydrogens (tertiary/aromatic N) is 2. The van der Waals surface area contributed by atoms with Crippen molar-refractivity contribution in [2.75, 3.05) is 32.1 Å². The number of hydrogen-bond donors (Lipinski definition) is 1.